The van der Waals surface area contributed by atoms with Crippen LogP contribution in [0.4, 0.5) is 0 Å². The smallest absolute Gasteiger partial charge is 0.258 e. The molecule has 0 aliphatic carbocycles. The molecule has 2 heterocycles. The molecule has 7 heteroatoms. The van der Waals surface area contributed by atoms with Crippen molar-refractivity contribution < 1.29 is 4.79 Å². The summed E-state index contributed by atoms with van der Waals surface area (Å²) in [5.41, 5.74) is 1.26. The Morgan fingerprint density at radius 1 is 1.00 bits per heavy atom. The van der Waals surface area contributed by atoms with Crippen molar-refractivity contribution in [3.63, 3.8) is 0 Å². The average Bonchev–Trinajstić information content (AvgIpc) is 2.75. The quantitative estimate of drug-likeness (QED) is 0.557. The molecule has 0 aliphatic heterocycles. The number of carbonyl (C=O) groups is 1. The number of pyridine rings is 1. The van der Waals surface area contributed by atoms with E-state index in [4.69, 9.17) is 0 Å². The van der Waals surface area contributed by atoms with Crippen LogP contribution in [0.1, 0.15) is 21.7 Å². The van der Waals surface area contributed by atoms with Gasteiger partial charge in [0.25, 0.3) is 17.0 Å². The van der Waals surface area contributed by atoms with Crippen LogP contribution in [0.25, 0.3) is 10.9 Å². The average molecular weight is 400 g/mol. The summed E-state index contributed by atoms with van der Waals surface area (Å²) in [6.07, 6.45) is 1.56. The fourth-order valence-electron chi connectivity index (χ4n) is 3.26. The molecule has 2 aromatic carbocycles. The van der Waals surface area contributed by atoms with Gasteiger partial charge in [0.2, 0.25) is 0 Å². The van der Waals surface area contributed by atoms with Gasteiger partial charge in [-0.25, -0.2) is 4.98 Å². The highest BCUT2D eigenvalue weighted by Gasteiger charge is 2.19. The van der Waals surface area contributed by atoms with Gasteiger partial charge >= 0.3 is 0 Å². The number of amides is 1. The van der Waals surface area contributed by atoms with E-state index in [2.05, 4.69) is 9.97 Å². The summed E-state index contributed by atoms with van der Waals surface area (Å²) < 4.78 is 1.40. The van der Waals surface area contributed by atoms with Gasteiger partial charge in [-0.3, -0.25) is 14.4 Å². The summed E-state index contributed by atoms with van der Waals surface area (Å²) in [6, 6.07) is 19.5. The van der Waals surface area contributed by atoms with Gasteiger partial charge in [0, 0.05) is 31.4 Å². The summed E-state index contributed by atoms with van der Waals surface area (Å²) in [6.45, 7) is 0.411. The lowest BCUT2D eigenvalue weighted by Gasteiger charge is -2.22. The number of aryl methyl sites for hydroxylation is 1. The Morgan fingerprint density at radius 2 is 1.73 bits per heavy atom. The minimum atomic E-state index is -0.313. The van der Waals surface area contributed by atoms with Gasteiger partial charge in [0.15, 0.2) is 0 Å². The van der Waals surface area contributed by atoms with Gasteiger partial charge in [0.1, 0.15) is 5.82 Å². The van der Waals surface area contributed by atoms with Crippen molar-refractivity contribution >= 4 is 16.8 Å². The molecule has 150 valence electrons. The third-order valence-electron chi connectivity index (χ3n) is 4.86. The zero-order valence-electron chi connectivity index (χ0n) is 16.4. The molecule has 1 N–H and O–H groups in total. The number of aromatic nitrogens is 3. The van der Waals surface area contributed by atoms with Crippen LogP contribution < -0.4 is 11.1 Å². The van der Waals surface area contributed by atoms with E-state index in [1.165, 1.54) is 10.6 Å². The first kappa shape index (κ1) is 19.3. The second-order valence-electron chi connectivity index (χ2n) is 7.04. The van der Waals surface area contributed by atoms with Crippen LogP contribution >= 0.6 is 0 Å². The molecule has 0 unspecified atom stereocenters. The molecule has 0 saturated carbocycles. The van der Waals surface area contributed by atoms with Crippen molar-refractivity contribution in [3.05, 3.63) is 111 Å². The highest BCUT2D eigenvalue weighted by molar-refractivity contribution is 5.94. The predicted molar refractivity (Wildman–Crippen MR) is 114 cm³/mol. The van der Waals surface area contributed by atoms with Crippen molar-refractivity contribution in [3.8, 4) is 0 Å². The van der Waals surface area contributed by atoms with E-state index in [9.17, 15) is 14.4 Å². The van der Waals surface area contributed by atoms with Gasteiger partial charge in [-0.15, -0.1) is 0 Å². The maximum Gasteiger partial charge on any atom is 0.258 e. The van der Waals surface area contributed by atoms with E-state index in [0.717, 1.165) is 5.56 Å². The molecule has 4 aromatic rings. The largest absolute Gasteiger partial charge is 0.327 e. The van der Waals surface area contributed by atoms with Gasteiger partial charge < -0.3 is 14.5 Å². The summed E-state index contributed by atoms with van der Waals surface area (Å²) in [4.78, 5) is 46.5. The monoisotopic (exact) mass is 400 g/mol. The number of rotatable bonds is 5. The van der Waals surface area contributed by atoms with Crippen molar-refractivity contribution in [2.75, 3.05) is 0 Å². The summed E-state index contributed by atoms with van der Waals surface area (Å²) in [5, 5.41) is 0.494. The Hall–Kier alpha value is -4.00. The normalized spacial score (nSPS) is 10.8. The van der Waals surface area contributed by atoms with E-state index in [1.807, 2.05) is 36.4 Å². The van der Waals surface area contributed by atoms with Crippen LogP contribution in [0.5, 0.6) is 0 Å². The standard InChI is InChI=1S/C23H20N4O3/c1-26-12-11-17(13-21(26)28)23(30)27(14-16-7-3-2-4-8-16)15-20-24-19-10-6-5-9-18(19)22(29)25-20/h2-13H,14-15H2,1H3,(H,24,25,29). The van der Waals surface area contributed by atoms with Crippen LogP contribution in [0.2, 0.25) is 0 Å². The molecule has 0 aliphatic rings. The number of hydrogen-bond acceptors (Lipinski definition) is 4. The van der Waals surface area contributed by atoms with Crippen molar-refractivity contribution in [2.24, 2.45) is 7.05 Å². The molecule has 2 aromatic heterocycles. The maximum atomic E-state index is 13.2. The third kappa shape index (κ3) is 4.05. The Balaban J connectivity index is 1.71. The zero-order valence-corrected chi connectivity index (χ0v) is 16.4. The fourth-order valence-corrected chi connectivity index (χ4v) is 3.26. The molecule has 7 nitrogen and oxygen atoms in total. The number of benzene rings is 2. The first-order valence-electron chi connectivity index (χ1n) is 9.49. The van der Waals surface area contributed by atoms with Crippen LogP contribution in [0, 0.1) is 0 Å². The molecule has 0 radical (unpaired) electrons. The Labute approximate surface area is 172 Å². The van der Waals surface area contributed by atoms with Gasteiger partial charge in [0.05, 0.1) is 17.4 Å². The van der Waals surface area contributed by atoms with E-state index in [-0.39, 0.29) is 29.1 Å². The maximum absolute atomic E-state index is 13.2. The number of carbonyl (C=O) groups excluding carboxylic acids is 1. The highest BCUT2D eigenvalue weighted by Crippen LogP contribution is 2.13. The Morgan fingerprint density at radius 3 is 2.50 bits per heavy atom. The van der Waals surface area contributed by atoms with Crippen molar-refractivity contribution in [1.29, 1.82) is 0 Å². The van der Waals surface area contributed by atoms with E-state index in [1.54, 1.807) is 42.4 Å². The summed E-state index contributed by atoms with van der Waals surface area (Å²) in [5.74, 6) is 0.0687. The van der Waals surface area contributed by atoms with E-state index in [0.29, 0.717) is 23.3 Å². The molecule has 0 spiro atoms. The molecule has 0 saturated heterocycles. The fraction of sp³-hybridized carbons (Fsp3) is 0.130. The predicted octanol–water partition coefficient (Wildman–Crippen LogP) is 2.46. The van der Waals surface area contributed by atoms with Crippen LogP contribution in [-0.4, -0.2) is 25.3 Å². The van der Waals surface area contributed by atoms with Crippen molar-refractivity contribution in [2.45, 2.75) is 13.1 Å². The molecule has 1 amide bonds. The number of aromatic amines is 1. The highest BCUT2D eigenvalue weighted by atomic mass is 16.2. The molecule has 4 rings (SSSR count). The summed E-state index contributed by atoms with van der Waals surface area (Å²) in [7, 11) is 1.63. The van der Waals surface area contributed by atoms with Crippen LogP contribution in [-0.2, 0) is 20.1 Å². The first-order valence-corrected chi connectivity index (χ1v) is 9.49. The molecule has 0 atom stereocenters. The number of para-hydroxylation sites is 1. The molecular weight excluding hydrogens is 380 g/mol. The van der Waals surface area contributed by atoms with Crippen LogP contribution in [0.15, 0.2) is 82.5 Å². The number of nitrogens with one attached hydrogen (secondary N) is 1. The van der Waals surface area contributed by atoms with Gasteiger partial charge in [-0.1, -0.05) is 42.5 Å². The number of hydrogen-bond donors (Lipinski definition) is 1. The molecule has 0 fully saturated rings. The zero-order chi connectivity index (χ0) is 21.1. The van der Waals surface area contributed by atoms with Crippen LogP contribution in [0.3, 0.4) is 0 Å². The SMILES string of the molecule is Cn1ccc(C(=O)N(Cc2ccccc2)Cc2nc3ccccc3c(=O)[nH]2)cc1=O. The number of nitrogens with zero attached hydrogens (tertiary/aromatic N) is 3. The first-order chi connectivity index (χ1) is 14.5. The molecule has 30 heavy (non-hydrogen) atoms. The lowest BCUT2D eigenvalue weighted by atomic mass is 10.1. The van der Waals surface area contributed by atoms with Gasteiger partial charge in [-0.2, -0.15) is 0 Å². The molecule has 0 bridgehead atoms. The van der Waals surface area contributed by atoms with E-state index < -0.39 is 0 Å². The second kappa shape index (κ2) is 8.16. The minimum Gasteiger partial charge on any atom is -0.327 e. The number of H-pyrrole nitrogens is 1. The minimum absolute atomic E-state index is 0.100. The summed E-state index contributed by atoms with van der Waals surface area (Å²) >= 11 is 0. The Kier molecular flexibility index (Phi) is 5.26. The van der Waals surface area contributed by atoms with Crippen molar-refractivity contribution in [1.82, 2.24) is 19.4 Å². The van der Waals surface area contributed by atoms with E-state index >= 15 is 0 Å². The lowest BCUT2D eigenvalue weighted by Crippen LogP contribution is -2.32. The number of fused-ring (bicyclic) bond motifs is 1. The third-order valence-corrected chi connectivity index (χ3v) is 4.86. The second-order valence-corrected chi connectivity index (χ2v) is 7.04. The molecular formula is C23H20N4O3. The Bertz CT molecular complexity index is 1330. The topological polar surface area (TPSA) is 88.1 Å². The lowest BCUT2D eigenvalue weighted by molar-refractivity contribution is 0.0725. The van der Waals surface area contributed by atoms with Gasteiger partial charge in [-0.05, 0) is 23.8 Å².